The molecule has 0 bridgehead atoms. The Morgan fingerprint density at radius 2 is 1.33 bits per heavy atom. The molecule has 3 unspecified atom stereocenters. The summed E-state index contributed by atoms with van der Waals surface area (Å²) in [5, 5.41) is -1.60. The summed E-state index contributed by atoms with van der Waals surface area (Å²) in [5.74, 6) is -1.59. The first-order valence-corrected chi connectivity index (χ1v) is 12.4. The Balaban J connectivity index is 0.00000841. The van der Waals surface area contributed by atoms with Crippen molar-refractivity contribution >= 4 is 22.1 Å². The molecule has 0 heterocycles. The summed E-state index contributed by atoms with van der Waals surface area (Å²) in [7, 11) is -4.80. The third-order valence-electron chi connectivity index (χ3n) is 5.96. The van der Waals surface area contributed by atoms with E-state index in [1.54, 1.807) is 0 Å². The van der Waals surface area contributed by atoms with E-state index < -0.39 is 32.7 Å². The van der Waals surface area contributed by atoms with Crippen LogP contribution in [0.2, 0.25) is 0 Å². The molecule has 1 aliphatic carbocycles. The van der Waals surface area contributed by atoms with Gasteiger partial charge in [0.1, 0.15) is 0 Å². The van der Waals surface area contributed by atoms with Crippen LogP contribution < -0.4 is 29.6 Å². The maximum Gasteiger partial charge on any atom is 1.00 e. The first kappa shape index (κ1) is 29.9. The minimum absolute atomic E-state index is 0. The molecule has 0 saturated heterocycles. The zero-order valence-corrected chi connectivity index (χ0v) is 22.1. The summed E-state index contributed by atoms with van der Waals surface area (Å²) in [5.41, 5.74) is -1.99. The van der Waals surface area contributed by atoms with Crippen molar-refractivity contribution in [3.8, 4) is 0 Å². The fourth-order valence-electron chi connectivity index (χ4n) is 3.54. The van der Waals surface area contributed by atoms with Crippen molar-refractivity contribution in [3.05, 3.63) is 0 Å². The number of rotatable bonds is 15. The molecule has 30 heavy (non-hydrogen) atoms. The van der Waals surface area contributed by atoms with E-state index in [-0.39, 0.29) is 61.0 Å². The minimum atomic E-state index is -4.80. The van der Waals surface area contributed by atoms with Crippen molar-refractivity contribution in [2.24, 2.45) is 17.3 Å². The number of ether oxygens (including phenoxy) is 2. The van der Waals surface area contributed by atoms with Crippen LogP contribution in [0.3, 0.4) is 0 Å². The van der Waals surface area contributed by atoms with Crippen molar-refractivity contribution in [2.45, 2.75) is 90.7 Å². The van der Waals surface area contributed by atoms with E-state index in [2.05, 4.69) is 13.8 Å². The largest absolute Gasteiger partial charge is 1.00 e. The second kappa shape index (κ2) is 14.1. The normalized spacial score (nSPS) is 22.5. The van der Waals surface area contributed by atoms with Gasteiger partial charge < -0.3 is 14.0 Å². The molecular weight excluding hydrogens is 419 g/mol. The molecule has 1 fully saturated rings. The number of unbranched alkanes of at least 4 members (excludes halogenated alkanes) is 2. The predicted molar refractivity (Wildman–Crippen MR) is 109 cm³/mol. The van der Waals surface area contributed by atoms with Crippen LogP contribution in [0.1, 0.15) is 85.5 Å². The second-order valence-corrected chi connectivity index (χ2v) is 9.74. The summed E-state index contributed by atoms with van der Waals surface area (Å²) in [4.78, 5) is 25.4. The molecule has 3 atom stereocenters. The zero-order chi connectivity index (χ0) is 22.1. The smallest absolute Gasteiger partial charge is 0.748 e. The van der Waals surface area contributed by atoms with E-state index in [1.165, 1.54) is 0 Å². The van der Waals surface area contributed by atoms with Gasteiger partial charge in [-0.3, -0.25) is 9.59 Å². The zero-order valence-electron chi connectivity index (χ0n) is 19.3. The van der Waals surface area contributed by atoms with Crippen molar-refractivity contribution < 1.29 is 61.6 Å². The minimum Gasteiger partial charge on any atom is -0.748 e. The van der Waals surface area contributed by atoms with Crippen molar-refractivity contribution in [1.29, 1.82) is 0 Å². The van der Waals surface area contributed by atoms with E-state index >= 15 is 0 Å². The molecule has 7 nitrogen and oxygen atoms in total. The van der Waals surface area contributed by atoms with Crippen molar-refractivity contribution in [3.63, 3.8) is 0 Å². The average Bonchev–Trinajstić information content (AvgIpc) is 3.45. The van der Waals surface area contributed by atoms with Crippen LogP contribution in [0.5, 0.6) is 0 Å². The van der Waals surface area contributed by atoms with Crippen LogP contribution in [0.25, 0.3) is 0 Å². The van der Waals surface area contributed by atoms with Crippen LogP contribution in [-0.4, -0.2) is 43.4 Å². The first-order valence-electron chi connectivity index (χ1n) is 11.0. The Bertz CT molecular complexity index is 603. The van der Waals surface area contributed by atoms with E-state index in [0.29, 0.717) is 0 Å². The number of hydrogen-bond donors (Lipinski definition) is 0. The fraction of sp³-hybridized carbons (Fsp3) is 0.905. The Kier molecular flexibility index (Phi) is 14.0. The molecule has 1 saturated carbocycles. The monoisotopic (exact) mass is 456 g/mol. The van der Waals surface area contributed by atoms with Gasteiger partial charge in [0.25, 0.3) is 0 Å². The average molecular weight is 457 g/mol. The van der Waals surface area contributed by atoms with E-state index in [1.807, 2.05) is 13.8 Å². The molecule has 170 valence electrons. The molecule has 0 aromatic carbocycles. The Morgan fingerprint density at radius 1 is 0.933 bits per heavy atom. The second-order valence-electron chi connectivity index (χ2n) is 8.19. The predicted octanol–water partition coefficient (Wildman–Crippen LogP) is 0.814. The van der Waals surface area contributed by atoms with Gasteiger partial charge in [0.2, 0.25) is 0 Å². The molecule has 0 radical (unpaired) electrons. The molecule has 0 N–H and O–H groups in total. The maximum atomic E-state index is 12.7. The van der Waals surface area contributed by atoms with Gasteiger partial charge in [0, 0.05) is 0 Å². The third kappa shape index (κ3) is 8.41. The fourth-order valence-corrected chi connectivity index (χ4v) is 4.69. The molecule has 0 aliphatic heterocycles. The van der Waals surface area contributed by atoms with Gasteiger partial charge >= 0.3 is 41.5 Å². The number of carbonyl (C=O) groups excluding carboxylic acids is 2. The quantitative estimate of drug-likeness (QED) is 0.155. The van der Waals surface area contributed by atoms with Gasteiger partial charge in [-0.1, -0.05) is 66.2 Å². The van der Waals surface area contributed by atoms with Gasteiger partial charge in [0.05, 0.1) is 28.6 Å². The topological polar surface area (TPSA) is 110 Å². The van der Waals surface area contributed by atoms with Crippen LogP contribution in [0, 0.1) is 17.3 Å². The summed E-state index contributed by atoms with van der Waals surface area (Å²) in [6.45, 7) is 8.35. The molecule has 1 aliphatic rings. The van der Waals surface area contributed by atoms with Gasteiger partial charge in [-0.15, -0.1) is 0 Å². The molecule has 1 rings (SSSR count). The Morgan fingerprint density at radius 3 is 1.60 bits per heavy atom. The molecular formula is C21H37NaO7S. The van der Waals surface area contributed by atoms with Gasteiger partial charge in [-0.2, -0.15) is 0 Å². The number of hydrogen-bond acceptors (Lipinski definition) is 7. The Hall–Kier alpha value is -0.150. The molecule has 0 aromatic heterocycles. The van der Waals surface area contributed by atoms with Gasteiger partial charge in [-0.05, 0) is 31.1 Å². The maximum absolute atomic E-state index is 12.7. The van der Waals surface area contributed by atoms with Gasteiger partial charge in [0.15, 0.2) is 5.41 Å². The summed E-state index contributed by atoms with van der Waals surface area (Å²) >= 11 is 0. The molecule has 9 heteroatoms. The third-order valence-corrected chi connectivity index (χ3v) is 7.23. The van der Waals surface area contributed by atoms with Crippen LogP contribution in [-0.2, 0) is 29.2 Å². The summed E-state index contributed by atoms with van der Waals surface area (Å²) < 4.78 is 45.2. The van der Waals surface area contributed by atoms with Gasteiger partial charge in [-0.25, -0.2) is 8.42 Å². The summed E-state index contributed by atoms with van der Waals surface area (Å²) in [6.07, 6.45) is 7.07. The van der Waals surface area contributed by atoms with Crippen LogP contribution in [0.15, 0.2) is 0 Å². The van der Waals surface area contributed by atoms with E-state index in [4.69, 9.17) is 9.47 Å². The van der Waals surface area contributed by atoms with Crippen molar-refractivity contribution in [1.82, 2.24) is 0 Å². The van der Waals surface area contributed by atoms with E-state index in [0.717, 1.165) is 51.4 Å². The molecule has 0 aromatic rings. The standard InChI is InChI=1S/C21H38O7S.Na/c1-5-9-11-16(7-3)14-27-19(22)21(13-18(21)29(24,25)26)20(23)28-15-17(8-4)12-10-6-2;/h16-18H,5-15H2,1-4H3,(H,24,25,26);/q;+1/p-1. The summed E-state index contributed by atoms with van der Waals surface area (Å²) in [6, 6.07) is 0. The molecule has 0 spiro atoms. The Labute approximate surface area is 204 Å². The first-order chi connectivity index (χ1) is 13.7. The molecule has 0 amide bonds. The van der Waals surface area contributed by atoms with Crippen LogP contribution >= 0.6 is 0 Å². The number of carbonyl (C=O) groups is 2. The van der Waals surface area contributed by atoms with Crippen molar-refractivity contribution in [2.75, 3.05) is 13.2 Å². The number of esters is 2. The van der Waals surface area contributed by atoms with Crippen LogP contribution in [0.4, 0.5) is 0 Å². The SMILES string of the molecule is CCCCC(CC)COC(=O)C1(C(=O)OCC(CC)CCCC)CC1S(=O)(=O)[O-].[Na+]. The van der Waals surface area contributed by atoms with E-state index in [9.17, 15) is 22.6 Å².